The van der Waals surface area contributed by atoms with Crippen molar-refractivity contribution in [3.63, 3.8) is 0 Å². The molecule has 1 aromatic rings. The Morgan fingerprint density at radius 2 is 2.05 bits per heavy atom. The van der Waals surface area contributed by atoms with Crippen LogP contribution >= 0.6 is 0 Å². The Labute approximate surface area is 131 Å². The fraction of sp³-hybridized carbons (Fsp3) is 0.529. The summed E-state index contributed by atoms with van der Waals surface area (Å²) in [5.74, 6) is 0.349. The third kappa shape index (κ3) is 3.78. The van der Waals surface area contributed by atoms with Crippen LogP contribution in [0.3, 0.4) is 0 Å². The Bertz CT molecular complexity index is 544. The Morgan fingerprint density at radius 3 is 2.73 bits per heavy atom. The number of amides is 2. The van der Waals surface area contributed by atoms with E-state index in [0.717, 1.165) is 24.2 Å². The maximum atomic E-state index is 12.5. The number of ether oxygens (including phenoxy) is 1. The zero-order valence-electron chi connectivity index (χ0n) is 13.2. The molecule has 5 nitrogen and oxygen atoms in total. The van der Waals surface area contributed by atoms with Gasteiger partial charge in [-0.3, -0.25) is 9.59 Å². The molecule has 0 aliphatic carbocycles. The second kappa shape index (κ2) is 7.29. The Kier molecular flexibility index (Phi) is 5.41. The predicted molar refractivity (Wildman–Crippen MR) is 84.4 cm³/mol. The zero-order chi connectivity index (χ0) is 16.1. The van der Waals surface area contributed by atoms with Gasteiger partial charge in [0.15, 0.2) is 0 Å². The smallest absolute Gasteiger partial charge is 0.223 e. The van der Waals surface area contributed by atoms with Crippen molar-refractivity contribution in [3.8, 4) is 5.75 Å². The fourth-order valence-corrected chi connectivity index (χ4v) is 2.98. The van der Waals surface area contributed by atoms with E-state index in [0.29, 0.717) is 19.4 Å². The zero-order valence-corrected chi connectivity index (χ0v) is 13.2. The van der Waals surface area contributed by atoms with Gasteiger partial charge in [-0.2, -0.15) is 0 Å². The number of hydrogen-bond donors (Lipinski definition) is 1. The minimum Gasteiger partial charge on any atom is -0.496 e. The second-order valence-electron chi connectivity index (χ2n) is 5.88. The van der Waals surface area contributed by atoms with Gasteiger partial charge in [-0.1, -0.05) is 18.2 Å². The first-order valence-electron chi connectivity index (χ1n) is 7.73. The summed E-state index contributed by atoms with van der Waals surface area (Å²) in [5, 5.41) is 0. The molecule has 22 heavy (non-hydrogen) atoms. The van der Waals surface area contributed by atoms with E-state index in [1.165, 1.54) is 0 Å². The van der Waals surface area contributed by atoms with E-state index >= 15 is 0 Å². The monoisotopic (exact) mass is 304 g/mol. The molecule has 0 bridgehead atoms. The number of piperidine rings is 1. The molecule has 1 aromatic carbocycles. The van der Waals surface area contributed by atoms with Crippen LogP contribution in [0, 0.1) is 5.92 Å². The van der Waals surface area contributed by atoms with Crippen LogP contribution in [-0.4, -0.2) is 36.4 Å². The quantitative estimate of drug-likeness (QED) is 0.900. The van der Waals surface area contributed by atoms with Crippen LogP contribution in [0.25, 0.3) is 0 Å². The standard InChI is InChI=1S/C17H24N2O3/c1-12-7-8-14(17(18)21)11-19(12)16(20)10-9-13-5-3-4-6-15(13)22-2/h3-6,12,14H,7-11H2,1-2H3,(H2,18,21)/t12-,14+/m1/s1. The highest BCUT2D eigenvalue weighted by Crippen LogP contribution is 2.24. The molecule has 1 heterocycles. The van der Waals surface area contributed by atoms with Gasteiger partial charge in [-0.25, -0.2) is 0 Å². The number of carbonyl (C=O) groups is 2. The van der Waals surface area contributed by atoms with Crippen LogP contribution in [0.2, 0.25) is 0 Å². The van der Waals surface area contributed by atoms with Crippen molar-refractivity contribution in [2.45, 2.75) is 38.6 Å². The van der Waals surface area contributed by atoms with Gasteiger partial charge < -0.3 is 15.4 Å². The number of nitrogens with zero attached hydrogens (tertiary/aromatic N) is 1. The van der Waals surface area contributed by atoms with E-state index in [-0.39, 0.29) is 23.8 Å². The van der Waals surface area contributed by atoms with Crippen molar-refractivity contribution < 1.29 is 14.3 Å². The summed E-state index contributed by atoms with van der Waals surface area (Å²) in [5.41, 5.74) is 6.41. The first-order chi connectivity index (χ1) is 10.5. The number of nitrogens with two attached hydrogens (primary N) is 1. The normalized spacial score (nSPS) is 21.5. The van der Waals surface area contributed by atoms with Crippen molar-refractivity contribution in [2.24, 2.45) is 11.7 Å². The van der Waals surface area contributed by atoms with E-state index < -0.39 is 0 Å². The van der Waals surface area contributed by atoms with E-state index in [4.69, 9.17) is 10.5 Å². The summed E-state index contributed by atoms with van der Waals surface area (Å²) in [6.45, 7) is 2.47. The Morgan fingerprint density at radius 1 is 1.32 bits per heavy atom. The Hall–Kier alpha value is -2.04. The molecule has 1 fully saturated rings. The third-order valence-corrected chi connectivity index (χ3v) is 4.41. The molecule has 0 unspecified atom stereocenters. The number of primary amides is 1. The van der Waals surface area contributed by atoms with Gasteiger partial charge in [-0.05, 0) is 37.8 Å². The van der Waals surface area contributed by atoms with Gasteiger partial charge in [-0.15, -0.1) is 0 Å². The van der Waals surface area contributed by atoms with Gasteiger partial charge in [0, 0.05) is 19.0 Å². The lowest BCUT2D eigenvalue weighted by Crippen LogP contribution is -2.48. The van der Waals surface area contributed by atoms with Crippen molar-refractivity contribution in [1.29, 1.82) is 0 Å². The Balaban J connectivity index is 1.97. The number of rotatable bonds is 5. The lowest BCUT2D eigenvalue weighted by molar-refractivity contribution is -0.137. The minimum atomic E-state index is -0.311. The maximum Gasteiger partial charge on any atom is 0.223 e. The van der Waals surface area contributed by atoms with E-state index in [9.17, 15) is 9.59 Å². The van der Waals surface area contributed by atoms with Gasteiger partial charge in [0.1, 0.15) is 5.75 Å². The van der Waals surface area contributed by atoms with Gasteiger partial charge in [0.25, 0.3) is 0 Å². The summed E-state index contributed by atoms with van der Waals surface area (Å²) >= 11 is 0. The van der Waals surface area contributed by atoms with Crippen LogP contribution < -0.4 is 10.5 Å². The molecule has 2 atom stereocenters. The van der Waals surface area contributed by atoms with E-state index in [1.54, 1.807) is 12.0 Å². The van der Waals surface area contributed by atoms with Crippen LogP contribution in [0.5, 0.6) is 5.75 Å². The summed E-state index contributed by atoms with van der Waals surface area (Å²) < 4.78 is 5.31. The molecule has 2 amide bonds. The molecule has 1 saturated heterocycles. The lowest BCUT2D eigenvalue weighted by Gasteiger charge is -2.37. The van der Waals surface area contributed by atoms with E-state index in [2.05, 4.69) is 0 Å². The number of benzene rings is 1. The molecule has 0 spiro atoms. The van der Waals surface area contributed by atoms with Crippen LogP contribution in [0.15, 0.2) is 24.3 Å². The maximum absolute atomic E-state index is 12.5. The molecule has 5 heteroatoms. The average Bonchev–Trinajstić information content (AvgIpc) is 2.53. The first-order valence-corrected chi connectivity index (χ1v) is 7.73. The number of likely N-dealkylation sites (tertiary alicyclic amines) is 1. The largest absolute Gasteiger partial charge is 0.496 e. The number of aryl methyl sites for hydroxylation is 1. The summed E-state index contributed by atoms with van der Waals surface area (Å²) in [4.78, 5) is 25.6. The van der Waals surface area contributed by atoms with Gasteiger partial charge in [0.2, 0.25) is 11.8 Å². The number of para-hydroxylation sites is 1. The highest BCUT2D eigenvalue weighted by atomic mass is 16.5. The van der Waals surface area contributed by atoms with Crippen LogP contribution in [0.1, 0.15) is 31.7 Å². The first kappa shape index (κ1) is 16.3. The van der Waals surface area contributed by atoms with E-state index in [1.807, 2.05) is 31.2 Å². The van der Waals surface area contributed by atoms with Crippen molar-refractivity contribution in [3.05, 3.63) is 29.8 Å². The van der Waals surface area contributed by atoms with Crippen molar-refractivity contribution in [1.82, 2.24) is 4.90 Å². The molecular formula is C17H24N2O3. The van der Waals surface area contributed by atoms with Gasteiger partial charge >= 0.3 is 0 Å². The molecule has 120 valence electrons. The summed E-state index contributed by atoms with van der Waals surface area (Å²) in [6, 6.07) is 7.88. The number of methoxy groups -OCH3 is 1. The molecule has 0 radical (unpaired) electrons. The van der Waals surface area contributed by atoms with Crippen LogP contribution in [-0.2, 0) is 16.0 Å². The SMILES string of the molecule is COc1ccccc1CCC(=O)N1C[C@@H](C(N)=O)CC[C@H]1C. The molecule has 0 aromatic heterocycles. The molecule has 2 rings (SSSR count). The summed E-state index contributed by atoms with van der Waals surface area (Å²) in [6.07, 6.45) is 2.64. The predicted octanol–water partition coefficient (Wildman–Crippen LogP) is 1.74. The number of carbonyl (C=O) groups excluding carboxylic acids is 2. The average molecular weight is 304 g/mol. The second-order valence-corrected chi connectivity index (χ2v) is 5.88. The lowest BCUT2D eigenvalue weighted by atomic mass is 9.92. The molecular weight excluding hydrogens is 280 g/mol. The van der Waals surface area contributed by atoms with Crippen molar-refractivity contribution >= 4 is 11.8 Å². The third-order valence-electron chi connectivity index (χ3n) is 4.41. The van der Waals surface area contributed by atoms with Gasteiger partial charge in [0.05, 0.1) is 13.0 Å². The molecule has 0 saturated carbocycles. The highest BCUT2D eigenvalue weighted by Gasteiger charge is 2.31. The fourth-order valence-electron chi connectivity index (χ4n) is 2.98. The topological polar surface area (TPSA) is 72.6 Å². The number of hydrogen-bond acceptors (Lipinski definition) is 3. The molecule has 1 aliphatic rings. The van der Waals surface area contributed by atoms with Crippen LogP contribution in [0.4, 0.5) is 0 Å². The highest BCUT2D eigenvalue weighted by molar-refractivity contribution is 5.80. The van der Waals surface area contributed by atoms with Crippen molar-refractivity contribution in [2.75, 3.05) is 13.7 Å². The molecule has 2 N–H and O–H groups in total. The minimum absolute atomic E-state index is 0.0735. The molecule has 1 aliphatic heterocycles. The summed E-state index contributed by atoms with van der Waals surface area (Å²) in [7, 11) is 1.63.